The number of nitrogens with zero attached hydrogens (tertiary/aromatic N) is 1. The summed E-state index contributed by atoms with van der Waals surface area (Å²) in [7, 11) is 0. The van der Waals surface area contributed by atoms with Crippen LogP contribution in [-0.2, 0) is 11.3 Å². The van der Waals surface area contributed by atoms with Crippen LogP contribution < -0.4 is 10.7 Å². The molecule has 1 heterocycles. The fraction of sp³-hybridized carbons (Fsp3) is 0.538. The lowest BCUT2D eigenvalue weighted by Gasteiger charge is -2.11. The Hall–Kier alpha value is -1.78. The van der Waals surface area contributed by atoms with Crippen LogP contribution in [0, 0.1) is 6.92 Å². The molecule has 0 aliphatic rings. The molecule has 0 aromatic carbocycles. The molecule has 5 heteroatoms. The number of carbonyl (C=O) groups excluding carboxylic acids is 1. The van der Waals surface area contributed by atoms with E-state index in [1.807, 2.05) is 0 Å². The summed E-state index contributed by atoms with van der Waals surface area (Å²) in [6.07, 6.45) is 3.96. The van der Waals surface area contributed by atoms with Crippen molar-refractivity contribution in [1.82, 2.24) is 9.88 Å². The van der Waals surface area contributed by atoms with E-state index < -0.39 is 5.43 Å². The van der Waals surface area contributed by atoms with Crippen LogP contribution in [0.2, 0.25) is 0 Å². The Bertz CT molecular complexity index is 466. The van der Waals surface area contributed by atoms with Gasteiger partial charge in [0, 0.05) is 31.8 Å². The quantitative estimate of drug-likeness (QED) is 0.746. The zero-order valence-corrected chi connectivity index (χ0v) is 10.9. The molecule has 2 N–H and O–H groups in total. The SMILES string of the molecule is CCCCNC(=O)CCn1ccc(=O)c(O)c1C. The molecule has 0 saturated heterocycles. The number of carbonyl (C=O) groups is 1. The Balaban J connectivity index is 2.51. The van der Waals surface area contributed by atoms with Gasteiger partial charge in [0.2, 0.25) is 11.3 Å². The topological polar surface area (TPSA) is 71.3 Å². The van der Waals surface area contributed by atoms with E-state index in [2.05, 4.69) is 12.2 Å². The Morgan fingerprint density at radius 2 is 2.22 bits per heavy atom. The van der Waals surface area contributed by atoms with Gasteiger partial charge in [-0.1, -0.05) is 13.3 Å². The summed E-state index contributed by atoms with van der Waals surface area (Å²) in [6.45, 7) is 4.88. The number of hydrogen-bond donors (Lipinski definition) is 2. The molecule has 100 valence electrons. The predicted octanol–water partition coefficient (Wildman–Crippen LogP) is 1.17. The number of amides is 1. The van der Waals surface area contributed by atoms with Crippen molar-refractivity contribution in [2.45, 2.75) is 39.7 Å². The minimum atomic E-state index is -0.392. The molecule has 0 bridgehead atoms. The van der Waals surface area contributed by atoms with Gasteiger partial charge in [-0.05, 0) is 13.3 Å². The predicted molar refractivity (Wildman–Crippen MR) is 69.6 cm³/mol. The maximum atomic E-state index is 11.5. The average molecular weight is 252 g/mol. The summed E-state index contributed by atoms with van der Waals surface area (Å²) < 4.78 is 1.70. The first-order valence-electron chi connectivity index (χ1n) is 6.22. The van der Waals surface area contributed by atoms with Gasteiger partial charge in [0.05, 0.1) is 5.69 Å². The van der Waals surface area contributed by atoms with E-state index in [0.717, 1.165) is 12.8 Å². The molecule has 18 heavy (non-hydrogen) atoms. The summed E-state index contributed by atoms with van der Waals surface area (Å²) in [6, 6.07) is 1.30. The molecule has 1 rings (SSSR count). The molecule has 0 spiro atoms. The van der Waals surface area contributed by atoms with E-state index >= 15 is 0 Å². The molecule has 0 saturated carbocycles. The minimum absolute atomic E-state index is 0.0129. The van der Waals surface area contributed by atoms with Crippen LogP contribution >= 0.6 is 0 Å². The Kier molecular flexibility index (Phi) is 5.42. The Morgan fingerprint density at radius 3 is 2.89 bits per heavy atom. The first-order chi connectivity index (χ1) is 8.56. The van der Waals surface area contributed by atoms with Crippen LogP contribution in [-0.4, -0.2) is 22.1 Å². The van der Waals surface area contributed by atoms with E-state index in [-0.39, 0.29) is 11.7 Å². The fourth-order valence-corrected chi connectivity index (χ4v) is 1.62. The second kappa shape index (κ2) is 6.83. The lowest BCUT2D eigenvalue weighted by atomic mass is 10.3. The zero-order chi connectivity index (χ0) is 13.5. The van der Waals surface area contributed by atoms with Crippen molar-refractivity contribution < 1.29 is 9.90 Å². The number of nitrogens with one attached hydrogen (secondary N) is 1. The van der Waals surface area contributed by atoms with Gasteiger partial charge in [0.1, 0.15) is 0 Å². The van der Waals surface area contributed by atoms with E-state index in [0.29, 0.717) is 25.2 Å². The molecule has 5 nitrogen and oxygen atoms in total. The Morgan fingerprint density at radius 1 is 1.50 bits per heavy atom. The highest BCUT2D eigenvalue weighted by molar-refractivity contribution is 5.75. The molecular weight excluding hydrogens is 232 g/mol. The van der Waals surface area contributed by atoms with Gasteiger partial charge in [-0.15, -0.1) is 0 Å². The number of hydrogen-bond acceptors (Lipinski definition) is 3. The molecule has 1 amide bonds. The highest BCUT2D eigenvalue weighted by atomic mass is 16.3. The van der Waals surface area contributed by atoms with Gasteiger partial charge in [-0.25, -0.2) is 0 Å². The van der Waals surface area contributed by atoms with E-state index in [1.165, 1.54) is 6.07 Å². The van der Waals surface area contributed by atoms with E-state index in [1.54, 1.807) is 17.7 Å². The van der Waals surface area contributed by atoms with Crippen molar-refractivity contribution in [3.8, 4) is 5.75 Å². The first-order valence-corrected chi connectivity index (χ1v) is 6.22. The van der Waals surface area contributed by atoms with Crippen LogP contribution in [0.25, 0.3) is 0 Å². The smallest absolute Gasteiger partial charge is 0.223 e. The van der Waals surface area contributed by atoms with E-state index in [9.17, 15) is 14.7 Å². The van der Waals surface area contributed by atoms with Crippen molar-refractivity contribution in [2.75, 3.05) is 6.54 Å². The van der Waals surface area contributed by atoms with Gasteiger partial charge in [0.25, 0.3) is 0 Å². The van der Waals surface area contributed by atoms with Crippen LogP contribution in [0.5, 0.6) is 5.75 Å². The molecule has 0 radical (unpaired) electrons. The maximum Gasteiger partial charge on any atom is 0.223 e. The number of aryl methyl sites for hydroxylation is 1. The van der Waals surface area contributed by atoms with Gasteiger partial charge in [0.15, 0.2) is 5.75 Å². The van der Waals surface area contributed by atoms with Crippen molar-refractivity contribution in [1.29, 1.82) is 0 Å². The maximum absolute atomic E-state index is 11.5. The summed E-state index contributed by atoms with van der Waals surface area (Å²) in [5.74, 6) is -0.259. The summed E-state index contributed by atoms with van der Waals surface area (Å²) in [5.41, 5.74) is 0.0972. The van der Waals surface area contributed by atoms with Crippen LogP contribution in [0.1, 0.15) is 31.9 Å². The first kappa shape index (κ1) is 14.3. The van der Waals surface area contributed by atoms with Crippen LogP contribution in [0.4, 0.5) is 0 Å². The standard InChI is InChI=1S/C13H20N2O3/c1-3-4-7-14-12(17)6-9-15-8-5-11(16)13(18)10(15)2/h5,8,18H,3-4,6-7,9H2,1-2H3,(H,14,17). The number of unbranched alkanes of at least 4 members (excludes halogenated alkanes) is 1. The Labute approximate surface area is 106 Å². The number of pyridine rings is 1. The minimum Gasteiger partial charge on any atom is -0.503 e. The molecule has 0 atom stereocenters. The summed E-state index contributed by atoms with van der Waals surface area (Å²) in [4.78, 5) is 22.7. The number of aromatic hydroxyl groups is 1. The second-order valence-electron chi connectivity index (χ2n) is 4.26. The second-order valence-corrected chi connectivity index (χ2v) is 4.26. The molecule has 0 aliphatic heterocycles. The number of aromatic nitrogens is 1. The lowest BCUT2D eigenvalue weighted by molar-refractivity contribution is -0.121. The average Bonchev–Trinajstić information content (AvgIpc) is 2.35. The fourth-order valence-electron chi connectivity index (χ4n) is 1.62. The van der Waals surface area contributed by atoms with Gasteiger partial charge < -0.3 is 15.0 Å². The van der Waals surface area contributed by atoms with Crippen molar-refractivity contribution in [2.24, 2.45) is 0 Å². The third-order valence-electron chi connectivity index (χ3n) is 2.85. The van der Waals surface area contributed by atoms with Gasteiger partial charge in [-0.2, -0.15) is 0 Å². The van der Waals surface area contributed by atoms with E-state index in [4.69, 9.17) is 0 Å². The molecule has 1 aromatic rings. The summed E-state index contributed by atoms with van der Waals surface area (Å²) >= 11 is 0. The third kappa shape index (κ3) is 3.91. The molecular formula is C13H20N2O3. The van der Waals surface area contributed by atoms with Crippen molar-refractivity contribution in [3.05, 3.63) is 28.2 Å². The monoisotopic (exact) mass is 252 g/mol. The van der Waals surface area contributed by atoms with Crippen LogP contribution in [0.15, 0.2) is 17.1 Å². The van der Waals surface area contributed by atoms with Crippen LogP contribution in [0.3, 0.4) is 0 Å². The van der Waals surface area contributed by atoms with Crippen molar-refractivity contribution in [3.63, 3.8) is 0 Å². The van der Waals surface area contributed by atoms with Gasteiger partial charge >= 0.3 is 0 Å². The zero-order valence-electron chi connectivity index (χ0n) is 10.9. The largest absolute Gasteiger partial charge is 0.503 e. The highest BCUT2D eigenvalue weighted by Gasteiger charge is 2.06. The lowest BCUT2D eigenvalue weighted by Crippen LogP contribution is -2.25. The van der Waals surface area contributed by atoms with Gasteiger partial charge in [-0.3, -0.25) is 9.59 Å². The number of rotatable bonds is 6. The third-order valence-corrected chi connectivity index (χ3v) is 2.85. The molecule has 0 fully saturated rings. The normalized spacial score (nSPS) is 10.3. The molecule has 0 unspecified atom stereocenters. The van der Waals surface area contributed by atoms with Crippen molar-refractivity contribution >= 4 is 5.91 Å². The molecule has 0 aliphatic carbocycles. The highest BCUT2D eigenvalue weighted by Crippen LogP contribution is 2.09. The molecule has 1 aromatic heterocycles. The summed E-state index contributed by atoms with van der Waals surface area (Å²) in [5, 5.41) is 12.3.